The van der Waals surface area contributed by atoms with Crippen molar-refractivity contribution in [2.24, 2.45) is 5.92 Å². The van der Waals surface area contributed by atoms with Crippen molar-refractivity contribution < 1.29 is 4.79 Å². The molecule has 1 aromatic carbocycles. The molecular formula is C14H19ClN2O. The lowest BCUT2D eigenvalue weighted by atomic mass is 9.83. The van der Waals surface area contributed by atoms with Crippen LogP contribution in [0.3, 0.4) is 0 Å². The van der Waals surface area contributed by atoms with Gasteiger partial charge in [-0.1, -0.05) is 12.5 Å². The number of benzene rings is 1. The Kier molecular flexibility index (Phi) is 3.81. The summed E-state index contributed by atoms with van der Waals surface area (Å²) in [6.07, 6.45) is 5.35. The molecule has 1 heterocycles. The first kappa shape index (κ1) is 13.2. The van der Waals surface area contributed by atoms with Crippen molar-refractivity contribution >= 4 is 29.7 Å². The van der Waals surface area contributed by atoms with Gasteiger partial charge in [-0.2, -0.15) is 0 Å². The SMILES string of the molecule is Cl.Nc1cccc2c1CCCN2C(=O)C1CCC1. The molecule has 0 spiro atoms. The summed E-state index contributed by atoms with van der Waals surface area (Å²) in [6, 6.07) is 5.90. The Morgan fingerprint density at radius 3 is 2.72 bits per heavy atom. The Hall–Kier alpha value is -1.22. The average Bonchev–Trinajstić information content (AvgIpc) is 2.26. The van der Waals surface area contributed by atoms with Crippen molar-refractivity contribution in [1.29, 1.82) is 0 Å². The highest BCUT2D eigenvalue weighted by Gasteiger charge is 2.32. The van der Waals surface area contributed by atoms with Gasteiger partial charge in [-0.15, -0.1) is 12.4 Å². The van der Waals surface area contributed by atoms with E-state index in [1.807, 2.05) is 23.1 Å². The van der Waals surface area contributed by atoms with Gasteiger partial charge < -0.3 is 10.6 Å². The molecule has 0 bridgehead atoms. The molecule has 3 nitrogen and oxygen atoms in total. The van der Waals surface area contributed by atoms with Crippen LogP contribution in [0.15, 0.2) is 18.2 Å². The van der Waals surface area contributed by atoms with Gasteiger partial charge in [-0.05, 0) is 43.4 Å². The smallest absolute Gasteiger partial charge is 0.230 e. The number of halogens is 1. The number of rotatable bonds is 1. The summed E-state index contributed by atoms with van der Waals surface area (Å²) in [5, 5.41) is 0. The van der Waals surface area contributed by atoms with E-state index in [1.165, 1.54) is 6.42 Å². The standard InChI is InChI=1S/C14H18N2O.ClH/c15-12-7-2-8-13-11(12)6-3-9-16(13)14(17)10-4-1-5-10;/h2,7-8,10H,1,3-6,9,15H2;1H. The molecule has 0 unspecified atom stereocenters. The normalized spacial score (nSPS) is 18.6. The third-order valence-electron chi connectivity index (χ3n) is 4.01. The summed E-state index contributed by atoms with van der Waals surface area (Å²) < 4.78 is 0. The second-order valence-corrected chi connectivity index (χ2v) is 5.07. The highest BCUT2D eigenvalue weighted by atomic mass is 35.5. The van der Waals surface area contributed by atoms with E-state index in [2.05, 4.69) is 0 Å². The predicted octanol–water partition coefficient (Wildman–Crippen LogP) is 2.77. The fourth-order valence-corrected chi connectivity index (χ4v) is 2.76. The highest BCUT2D eigenvalue weighted by molar-refractivity contribution is 5.97. The number of nitrogens with zero attached hydrogens (tertiary/aromatic N) is 1. The predicted molar refractivity (Wildman–Crippen MR) is 76.1 cm³/mol. The summed E-state index contributed by atoms with van der Waals surface area (Å²) in [7, 11) is 0. The number of fused-ring (bicyclic) bond motifs is 1. The minimum Gasteiger partial charge on any atom is -0.398 e. The molecule has 3 rings (SSSR count). The van der Waals surface area contributed by atoms with E-state index >= 15 is 0 Å². The molecule has 1 amide bonds. The second kappa shape index (κ2) is 5.19. The zero-order valence-corrected chi connectivity index (χ0v) is 11.2. The van der Waals surface area contributed by atoms with Crippen LogP contribution in [-0.4, -0.2) is 12.5 Å². The maximum absolute atomic E-state index is 12.3. The van der Waals surface area contributed by atoms with Crippen molar-refractivity contribution in [3.8, 4) is 0 Å². The first-order valence-electron chi connectivity index (χ1n) is 6.46. The molecule has 0 saturated heterocycles. The van der Waals surface area contributed by atoms with Crippen LogP contribution in [0.4, 0.5) is 11.4 Å². The molecule has 0 atom stereocenters. The Balaban J connectivity index is 0.00000120. The molecule has 1 aromatic rings. The molecule has 1 aliphatic carbocycles. The van der Waals surface area contributed by atoms with E-state index in [0.717, 1.165) is 49.2 Å². The van der Waals surface area contributed by atoms with Gasteiger partial charge in [0.2, 0.25) is 5.91 Å². The zero-order chi connectivity index (χ0) is 11.8. The number of anilines is 2. The van der Waals surface area contributed by atoms with Crippen LogP contribution in [-0.2, 0) is 11.2 Å². The molecule has 2 aliphatic rings. The van der Waals surface area contributed by atoms with Gasteiger partial charge in [0.15, 0.2) is 0 Å². The summed E-state index contributed by atoms with van der Waals surface area (Å²) in [5.41, 5.74) is 9.02. The largest absolute Gasteiger partial charge is 0.398 e. The van der Waals surface area contributed by atoms with Gasteiger partial charge in [0, 0.05) is 23.8 Å². The Bertz CT molecular complexity index is 457. The van der Waals surface area contributed by atoms with Gasteiger partial charge in [0.05, 0.1) is 0 Å². The summed E-state index contributed by atoms with van der Waals surface area (Å²) in [6.45, 7) is 0.853. The van der Waals surface area contributed by atoms with Gasteiger partial charge in [-0.25, -0.2) is 0 Å². The topological polar surface area (TPSA) is 46.3 Å². The number of amides is 1. The van der Waals surface area contributed by atoms with Crippen LogP contribution in [0.2, 0.25) is 0 Å². The molecule has 18 heavy (non-hydrogen) atoms. The monoisotopic (exact) mass is 266 g/mol. The quantitative estimate of drug-likeness (QED) is 0.795. The molecule has 98 valence electrons. The molecule has 1 aliphatic heterocycles. The molecule has 0 radical (unpaired) electrons. The number of nitrogen functional groups attached to an aromatic ring is 1. The highest BCUT2D eigenvalue weighted by Crippen LogP contribution is 2.35. The van der Waals surface area contributed by atoms with Crippen LogP contribution in [0.25, 0.3) is 0 Å². The fraction of sp³-hybridized carbons (Fsp3) is 0.500. The summed E-state index contributed by atoms with van der Waals surface area (Å²) in [5.74, 6) is 0.574. The van der Waals surface area contributed by atoms with E-state index in [1.54, 1.807) is 0 Å². The molecule has 0 aromatic heterocycles. The van der Waals surface area contributed by atoms with E-state index in [9.17, 15) is 4.79 Å². The first-order valence-corrected chi connectivity index (χ1v) is 6.46. The Morgan fingerprint density at radius 1 is 1.28 bits per heavy atom. The third-order valence-corrected chi connectivity index (χ3v) is 4.01. The summed E-state index contributed by atoms with van der Waals surface area (Å²) >= 11 is 0. The van der Waals surface area contributed by atoms with Crippen molar-refractivity contribution in [1.82, 2.24) is 0 Å². The maximum atomic E-state index is 12.3. The molecule has 4 heteroatoms. The lowest BCUT2D eigenvalue weighted by Crippen LogP contribution is -2.41. The minimum atomic E-state index is 0. The Morgan fingerprint density at radius 2 is 2.06 bits per heavy atom. The summed E-state index contributed by atoms with van der Waals surface area (Å²) in [4.78, 5) is 14.3. The number of nitrogens with two attached hydrogens (primary N) is 1. The fourth-order valence-electron chi connectivity index (χ4n) is 2.76. The number of hydrogen-bond acceptors (Lipinski definition) is 2. The minimum absolute atomic E-state index is 0. The van der Waals surface area contributed by atoms with Crippen LogP contribution < -0.4 is 10.6 Å². The van der Waals surface area contributed by atoms with Gasteiger partial charge >= 0.3 is 0 Å². The van der Waals surface area contributed by atoms with Crippen LogP contribution >= 0.6 is 12.4 Å². The second-order valence-electron chi connectivity index (χ2n) is 5.07. The molecule has 1 saturated carbocycles. The van der Waals surface area contributed by atoms with Gasteiger partial charge in [0.25, 0.3) is 0 Å². The number of carbonyl (C=O) groups excluding carboxylic acids is 1. The Labute approximate surface area is 114 Å². The number of carbonyl (C=O) groups is 1. The van der Waals surface area contributed by atoms with Gasteiger partial charge in [-0.3, -0.25) is 4.79 Å². The zero-order valence-electron chi connectivity index (χ0n) is 10.4. The van der Waals surface area contributed by atoms with Crippen LogP contribution in [0, 0.1) is 5.92 Å². The maximum Gasteiger partial charge on any atom is 0.230 e. The molecular weight excluding hydrogens is 248 g/mol. The van der Waals surface area contributed by atoms with E-state index in [0.29, 0.717) is 5.91 Å². The van der Waals surface area contributed by atoms with Crippen LogP contribution in [0.1, 0.15) is 31.2 Å². The van der Waals surface area contributed by atoms with E-state index in [4.69, 9.17) is 5.73 Å². The average molecular weight is 267 g/mol. The van der Waals surface area contributed by atoms with E-state index < -0.39 is 0 Å². The number of hydrogen-bond donors (Lipinski definition) is 1. The van der Waals surface area contributed by atoms with Gasteiger partial charge in [0.1, 0.15) is 0 Å². The van der Waals surface area contributed by atoms with Crippen LogP contribution in [0.5, 0.6) is 0 Å². The van der Waals surface area contributed by atoms with Crippen molar-refractivity contribution in [3.05, 3.63) is 23.8 Å². The molecule has 1 fully saturated rings. The van der Waals surface area contributed by atoms with Crippen molar-refractivity contribution in [2.75, 3.05) is 17.2 Å². The lowest BCUT2D eigenvalue weighted by molar-refractivity contribution is -0.124. The van der Waals surface area contributed by atoms with Crippen molar-refractivity contribution in [3.63, 3.8) is 0 Å². The molecule has 2 N–H and O–H groups in total. The first-order chi connectivity index (χ1) is 8.27. The van der Waals surface area contributed by atoms with E-state index in [-0.39, 0.29) is 18.3 Å². The van der Waals surface area contributed by atoms with Crippen molar-refractivity contribution in [2.45, 2.75) is 32.1 Å². The third kappa shape index (κ3) is 2.07. The lowest BCUT2D eigenvalue weighted by Gasteiger charge is -2.35.